The zero-order chi connectivity index (χ0) is 17.3. The Morgan fingerprint density at radius 3 is 2.76 bits per heavy atom. The summed E-state index contributed by atoms with van der Waals surface area (Å²) in [5.74, 6) is -2.50. The molecule has 2 heterocycles. The summed E-state index contributed by atoms with van der Waals surface area (Å²) in [6.45, 7) is 1.09. The molecule has 1 saturated heterocycles. The number of aromatic nitrogens is 2. The van der Waals surface area contributed by atoms with Crippen LogP contribution in [0.15, 0.2) is 24.5 Å². The van der Waals surface area contributed by atoms with Crippen LogP contribution in [0.5, 0.6) is 5.75 Å². The highest BCUT2D eigenvalue weighted by atomic mass is 35.5. The molecule has 6 nitrogen and oxygen atoms in total. The topological polar surface area (TPSA) is 68.2 Å². The number of nitrogens with zero attached hydrogens (tertiary/aromatic N) is 2. The molecule has 25 heavy (non-hydrogen) atoms. The highest BCUT2D eigenvalue weighted by Gasteiger charge is 2.35. The first-order valence-electron chi connectivity index (χ1n) is 7.52. The maximum Gasteiger partial charge on any atom is 0.229 e. The number of amides is 1. The molecule has 1 aliphatic rings. The molecule has 0 bridgehead atoms. The van der Waals surface area contributed by atoms with Crippen LogP contribution in [-0.2, 0) is 11.8 Å². The largest absolute Gasteiger partial charge is 0.494 e. The second-order valence-corrected chi connectivity index (χ2v) is 5.77. The lowest BCUT2D eigenvalue weighted by Crippen LogP contribution is -2.28. The van der Waals surface area contributed by atoms with E-state index < -0.39 is 17.6 Å². The van der Waals surface area contributed by atoms with Crippen molar-refractivity contribution in [1.29, 1.82) is 0 Å². The Kier molecular flexibility index (Phi) is 5.97. The van der Waals surface area contributed by atoms with E-state index in [1.807, 2.05) is 6.20 Å². The minimum atomic E-state index is -0.745. The summed E-state index contributed by atoms with van der Waals surface area (Å²) < 4.78 is 34.1. The van der Waals surface area contributed by atoms with Gasteiger partial charge in [-0.25, -0.2) is 8.78 Å². The summed E-state index contributed by atoms with van der Waals surface area (Å²) in [5.41, 5.74) is 0.735. The number of ether oxygens (including phenoxy) is 1. The predicted octanol–water partition coefficient (Wildman–Crippen LogP) is 2.07. The van der Waals surface area contributed by atoms with E-state index in [4.69, 9.17) is 4.74 Å². The lowest BCUT2D eigenvalue weighted by Gasteiger charge is -2.17. The van der Waals surface area contributed by atoms with E-state index in [1.54, 1.807) is 17.9 Å². The fraction of sp³-hybridized carbons (Fsp3) is 0.375. The normalized spacial score (nSPS) is 19.4. The first-order chi connectivity index (χ1) is 11.5. The standard InChI is InChI=1S/C16H18F2N4O2.ClH/c1-22-8-9(5-20-22)10-6-19-7-11(10)16(23)21-14-3-13(18)15(24-2)4-12(14)17;/h3-5,8,10-11,19H,6-7H2,1-2H3,(H,21,23);1H/t10-,11+;/m1./s1. The van der Waals surface area contributed by atoms with Gasteiger partial charge in [0.2, 0.25) is 5.91 Å². The van der Waals surface area contributed by atoms with Gasteiger partial charge in [0, 0.05) is 44.4 Å². The zero-order valence-electron chi connectivity index (χ0n) is 13.8. The van der Waals surface area contributed by atoms with Gasteiger partial charge in [0.1, 0.15) is 0 Å². The highest BCUT2D eigenvalue weighted by Crippen LogP contribution is 2.30. The summed E-state index contributed by atoms with van der Waals surface area (Å²) in [5, 5.41) is 9.75. The molecule has 1 aromatic carbocycles. The Balaban J connectivity index is 0.00000225. The Morgan fingerprint density at radius 1 is 1.36 bits per heavy atom. The van der Waals surface area contributed by atoms with E-state index in [2.05, 4.69) is 15.7 Å². The lowest BCUT2D eigenvalue weighted by atomic mass is 9.90. The van der Waals surface area contributed by atoms with Crippen LogP contribution >= 0.6 is 12.4 Å². The van der Waals surface area contributed by atoms with Crippen molar-refractivity contribution in [2.45, 2.75) is 5.92 Å². The monoisotopic (exact) mass is 372 g/mol. The second kappa shape index (κ2) is 7.79. The molecule has 0 unspecified atom stereocenters. The molecule has 1 amide bonds. The van der Waals surface area contributed by atoms with Crippen LogP contribution in [0.2, 0.25) is 0 Å². The third-order valence-electron chi connectivity index (χ3n) is 4.20. The van der Waals surface area contributed by atoms with Gasteiger partial charge in [0.25, 0.3) is 0 Å². The van der Waals surface area contributed by atoms with Crippen LogP contribution in [0.4, 0.5) is 14.5 Å². The molecule has 1 aliphatic heterocycles. The molecular weight excluding hydrogens is 354 g/mol. The van der Waals surface area contributed by atoms with Crippen LogP contribution in [0.25, 0.3) is 0 Å². The third kappa shape index (κ3) is 3.91. The molecule has 3 rings (SSSR count). The number of hydrogen-bond donors (Lipinski definition) is 2. The summed E-state index contributed by atoms with van der Waals surface area (Å²) >= 11 is 0. The van der Waals surface area contributed by atoms with Gasteiger partial charge in [-0.3, -0.25) is 9.48 Å². The van der Waals surface area contributed by atoms with Crippen molar-refractivity contribution in [2.75, 3.05) is 25.5 Å². The molecule has 2 atom stereocenters. The molecule has 0 saturated carbocycles. The maximum absolute atomic E-state index is 14.0. The Hall–Kier alpha value is -2.19. The maximum atomic E-state index is 14.0. The van der Waals surface area contributed by atoms with E-state index in [0.717, 1.165) is 17.7 Å². The summed E-state index contributed by atoms with van der Waals surface area (Å²) in [7, 11) is 3.05. The number of halogens is 3. The van der Waals surface area contributed by atoms with Crippen molar-refractivity contribution in [2.24, 2.45) is 13.0 Å². The Morgan fingerprint density at radius 2 is 2.12 bits per heavy atom. The number of carbonyl (C=O) groups excluding carboxylic acids is 1. The van der Waals surface area contributed by atoms with Crippen molar-refractivity contribution in [3.63, 3.8) is 0 Å². The minimum Gasteiger partial charge on any atom is -0.494 e. The first-order valence-corrected chi connectivity index (χ1v) is 7.52. The van der Waals surface area contributed by atoms with Crippen LogP contribution in [-0.4, -0.2) is 35.9 Å². The van der Waals surface area contributed by atoms with Crippen molar-refractivity contribution in [3.05, 3.63) is 41.7 Å². The number of aryl methyl sites for hydroxylation is 1. The highest BCUT2D eigenvalue weighted by molar-refractivity contribution is 5.93. The van der Waals surface area contributed by atoms with Crippen molar-refractivity contribution >= 4 is 24.0 Å². The predicted molar refractivity (Wildman–Crippen MR) is 91.1 cm³/mol. The molecule has 2 aromatic rings. The number of rotatable bonds is 4. The van der Waals surface area contributed by atoms with E-state index >= 15 is 0 Å². The number of carbonyl (C=O) groups is 1. The summed E-state index contributed by atoms with van der Waals surface area (Å²) in [4.78, 5) is 12.5. The number of anilines is 1. The van der Waals surface area contributed by atoms with Crippen LogP contribution in [0.3, 0.4) is 0 Å². The molecule has 2 N–H and O–H groups in total. The molecule has 1 aromatic heterocycles. The van der Waals surface area contributed by atoms with Crippen molar-refractivity contribution in [1.82, 2.24) is 15.1 Å². The van der Waals surface area contributed by atoms with Gasteiger partial charge >= 0.3 is 0 Å². The SMILES string of the molecule is COc1cc(F)c(NC(=O)[C@H]2CNC[C@@H]2c2cnn(C)c2)cc1F.Cl. The Bertz CT molecular complexity index is 769. The number of nitrogens with one attached hydrogen (secondary N) is 2. The summed E-state index contributed by atoms with van der Waals surface area (Å²) in [6.07, 6.45) is 3.57. The fourth-order valence-corrected chi connectivity index (χ4v) is 2.94. The summed E-state index contributed by atoms with van der Waals surface area (Å²) in [6, 6.07) is 1.84. The van der Waals surface area contributed by atoms with E-state index in [9.17, 15) is 13.6 Å². The lowest BCUT2D eigenvalue weighted by molar-refractivity contribution is -0.119. The number of benzene rings is 1. The van der Waals surface area contributed by atoms with Crippen LogP contribution in [0.1, 0.15) is 11.5 Å². The van der Waals surface area contributed by atoms with Crippen LogP contribution < -0.4 is 15.4 Å². The van der Waals surface area contributed by atoms with E-state index in [0.29, 0.717) is 13.1 Å². The smallest absolute Gasteiger partial charge is 0.229 e. The van der Waals surface area contributed by atoms with Crippen molar-refractivity contribution in [3.8, 4) is 5.75 Å². The molecule has 0 aliphatic carbocycles. The third-order valence-corrected chi connectivity index (χ3v) is 4.20. The average Bonchev–Trinajstić information content (AvgIpc) is 3.18. The number of hydrogen-bond acceptors (Lipinski definition) is 4. The van der Waals surface area contributed by atoms with Crippen LogP contribution in [0, 0.1) is 17.6 Å². The van der Waals surface area contributed by atoms with Gasteiger partial charge < -0.3 is 15.4 Å². The molecule has 1 fully saturated rings. The number of methoxy groups -OCH3 is 1. The van der Waals surface area contributed by atoms with Gasteiger partial charge in [-0.15, -0.1) is 12.4 Å². The van der Waals surface area contributed by atoms with Crippen molar-refractivity contribution < 1.29 is 18.3 Å². The quantitative estimate of drug-likeness (QED) is 0.862. The van der Waals surface area contributed by atoms with Gasteiger partial charge in [-0.2, -0.15) is 5.10 Å². The molecule has 136 valence electrons. The Labute approximate surface area is 150 Å². The second-order valence-electron chi connectivity index (χ2n) is 5.77. The minimum absolute atomic E-state index is 0. The van der Waals surface area contributed by atoms with Gasteiger partial charge in [0.05, 0.1) is 24.9 Å². The van der Waals surface area contributed by atoms with Gasteiger partial charge in [-0.1, -0.05) is 0 Å². The first kappa shape index (κ1) is 19.1. The van der Waals surface area contributed by atoms with E-state index in [1.165, 1.54) is 7.11 Å². The molecule has 9 heteroatoms. The molecule has 0 spiro atoms. The van der Waals surface area contributed by atoms with Gasteiger partial charge in [-0.05, 0) is 5.56 Å². The van der Waals surface area contributed by atoms with Gasteiger partial charge in [0.15, 0.2) is 17.4 Å². The molecule has 0 radical (unpaired) electrons. The fourth-order valence-electron chi connectivity index (χ4n) is 2.94. The average molecular weight is 373 g/mol. The molecular formula is C16H19ClF2N4O2. The van der Waals surface area contributed by atoms with E-state index in [-0.39, 0.29) is 35.7 Å². The zero-order valence-corrected chi connectivity index (χ0v) is 14.6.